The molecule has 1 rings (SSSR count). The molecule has 0 aliphatic heterocycles. The third-order valence-electron chi connectivity index (χ3n) is 2.16. The SMILES string of the molecule is CC(=O)c1cc(C)c(C#CCCCl)cc1O. The van der Waals surface area contributed by atoms with Crippen molar-refractivity contribution in [1.82, 2.24) is 0 Å². The van der Waals surface area contributed by atoms with Gasteiger partial charge >= 0.3 is 0 Å². The minimum atomic E-state index is -0.152. The number of rotatable bonds is 2. The maximum absolute atomic E-state index is 11.2. The lowest BCUT2D eigenvalue weighted by Crippen LogP contribution is -1.95. The number of alkyl halides is 1. The van der Waals surface area contributed by atoms with Crippen molar-refractivity contribution in [2.45, 2.75) is 20.3 Å². The Hall–Kier alpha value is -1.46. The summed E-state index contributed by atoms with van der Waals surface area (Å²) in [5, 5.41) is 9.63. The van der Waals surface area contributed by atoms with Crippen LogP contribution in [0.3, 0.4) is 0 Å². The van der Waals surface area contributed by atoms with Gasteiger partial charge in [-0.25, -0.2) is 0 Å². The van der Waals surface area contributed by atoms with E-state index >= 15 is 0 Å². The molecule has 84 valence electrons. The Kier molecular flexibility index (Phi) is 4.39. The van der Waals surface area contributed by atoms with E-state index in [9.17, 15) is 9.90 Å². The molecule has 3 heteroatoms. The summed E-state index contributed by atoms with van der Waals surface area (Å²) in [5.74, 6) is 6.12. The van der Waals surface area contributed by atoms with E-state index in [-0.39, 0.29) is 11.5 Å². The van der Waals surface area contributed by atoms with Crippen LogP contribution in [0, 0.1) is 18.8 Å². The summed E-state index contributed by atoms with van der Waals surface area (Å²) < 4.78 is 0. The van der Waals surface area contributed by atoms with E-state index in [0.717, 1.165) is 11.1 Å². The van der Waals surface area contributed by atoms with Crippen LogP contribution >= 0.6 is 11.6 Å². The topological polar surface area (TPSA) is 37.3 Å². The Labute approximate surface area is 100 Å². The van der Waals surface area contributed by atoms with Gasteiger partial charge in [0.2, 0.25) is 0 Å². The van der Waals surface area contributed by atoms with Crippen LogP contribution in [0.5, 0.6) is 5.75 Å². The number of benzene rings is 1. The molecule has 0 saturated heterocycles. The fourth-order valence-corrected chi connectivity index (χ4v) is 1.41. The Bertz CT molecular complexity index is 467. The van der Waals surface area contributed by atoms with E-state index in [2.05, 4.69) is 11.8 Å². The first-order valence-electron chi connectivity index (χ1n) is 4.95. The van der Waals surface area contributed by atoms with Crippen molar-refractivity contribution >= 4 is 17.4 Å². The van der Waals surface area contributed by atoms with Crippen molar-refractivity contribution in [3.05, 3.63) is 28.8 Å². The number of aromatic hydroxyl groups is 1. The van der Waals surface area contributed by atoms with Crippen LogP contribution in [0.1, 0.15) is 34.8 Å². The summed E-state index contributed by atoms with van der Waals surface area (Å²) in [4.78, 5) is 11.2. The highest BCUT2D eigenvalue weighted by molar-refractivity contribution is 6.18. The zero-order chi connectivity index (χ0) is 12.1. The van der Waals surface area contributed by atoms with Crippen molar-refractivity contribution in [3.8, 4) is 17.6 Å². The van der Waals surface area contributed by atoms with Crippen LogP contribution in [-0.4, -0.2) is 16.8 Å². The number of phenolic OH excluding ortho intramolecular Hbond substituents is 1. The van der Waals surface area contributed by atoms with Gasteiger partial charge < -0.3 is 5.11 Å². The second kappa shape index (κ2) is 5.58. The third kappa shape index (κ3) is 3.01. The molecule has 0 atom stereocenters. The smallest absolute Gasteiger partial charge is 0.163 e. The van der Waals surface area contributed by atoms with E-state index in [4.69, 9.17) is 11.6 Å². The molecule has 0 aliphatic rings. The Balaban J connectivity index is 3.12. The second-order valence-corrected chi connectivity index (χ2v) is 3.86. The molecule has 2 nitrogen and oxygen atoms in total. The Morgan fingerprint density at radius 1 is 1.50 bits per heavy atom. The fraction of sp³-hybridized carbons (Fsp3) is 0.308. The van der Waals surface area contributed by atoms with Gasteiger partial charge in [-0.3, -0.25) is 4.79 Å². The summed E-state index contributed by atoms with van der Waals surface area (Å²) in [6.07, 6.45) is 0.607. The van der Waals surface area contributed by atoms with Crippen LogP contribution in [-0.2, 0) is 0 Å². The number of aryl methyl sites for hydroxylation is 1. The zero-order valence-electron chi connectivity index (χ0n) is 9.30. The average Bonchev–Trinajstić information content (AvgIpc) is 2.22. The molecule has 0 spiro atoms. The molecule has 0 aliphatic carbocycles. The van der Waals surface area contributed by atoms with Gasteiger partial charge in [-0.15, -0.1) is 11.6 Å². The average molecular weight is 237 g/mol. The first kappa shape index (κ1) is 12.6. The summed E-state index contributed by atoms with van der Waals surface area (Å²) in [5.41, 5.74) is 1.94. The van der Waals surface area contributed by atoms with Crippen molar-refractivity contribution in [3.63, 3.8) is 0 Å². The predicted molar refractivity (Wildman–Crippen MR) is 65.1 cm³/mol. The van der Waals surface area contributed by atoms with E-state index < -0.39 is 0 Å². The molecule has 1 N–H and O–H groups in total. The third-order valence-corrected chi connectivity index (χ3v) is 2.35. The summed E-state index contributed by atoms with van der Waals surface area (Å²) in [7, 11) is 0. The number of hydrogen-bond donors (Lipinski definition) is 1. The number of ketones is 1. The molecule has 0 bridgehead atoms. The lowest BCUT2D eigenvalue weighted by Gasteiger charge is -2.04. The molecule has 1 aromatic carbocycles. The molecule has 0 heterocycles. The minimum absolute atomic E-state index is 0.0201. The molecule has 1 aromatic rings. The van der Waals surface area contributed by atoms with Crippen molar-refractivity contribution < 1.29 is 9.90 Å². The van der Waals surface area contributed by atoms with Gasteiger partial charge in [-0.2, -0.15) is 0 Å². The van der Waals surface area contributed by atoms with E-state index in [1.807, 2.05) is 6.92 Å². The van der Waals surface area contributed by atoms with Gasteiger partial charge in [0.05, 0.1) is 5.56 Å². The van der Waals surface area contributed by atoms with Crippen molar-refractivity contribution in [1.29, 1.82) is 0 Å². The van der Waals surface area contributed by atoms with Crippen LogP contribution in [0.15, 0.2) is 12.1 Å². The van der Waals surface area contributed by atoms with E-state index in [1.54, 1.807) is 6.07 Å². The van der Waals surface area contributed by atoms with E-state index in [0.29, 0.717) is 17.9 Å². The second-order valence-electron chi connectivity index (χ2n) is 3.48. The number of halogens is 1. The Morgan fingerprint density at radius 3 is 2.75 bits per heavy atom. The number of phenols is 1. The quantitative estimate of drug-likeness (QED) is 0.487. The summed E-state index contributed by atoms with van der Waals surface area (Å²) >= 11 is 5.51. The molecular formula is C13H13ClO2. The molecular weight excluding hydrogens is 224 g/mol. The Morgan fingerprint density at radius 2 is 2.19 bits per heavy atom. The normalized spacial score (nSPS) is 9.44. The van der Waals surface area contributed by atoms with Crippen molar-refractivity contribution in [2.75, 3.05) is 5.88 Å². The summed E-state index contributed by atoms with van der Waals surface area (Å²) in [6.45, 7) is 3.28. The van der Waals surface area contributed by atoms with Gasteiger partial charge in [0.25, 0.3) is 0 Å². The largest absolute Gasteiger partial charge is 0.507 e. The highest BCUT2D eigenvalue weighted by Crippen LogP contribution is 2.22. The van der Waals surface area contributed by atoms with Crippen LogP contribution < -0.4 is 0 Å². The standard InChI is InChI=1S/C13H13ClO2/c1-9-7-12(10(2)15)13(16)8-11(9)5-3-4-6-14/h7-8,16H,4,6H2,1-2H3. The number of hydrogen-bond acceptors (Lipinski definition) is 2. The molecule has 0 saturated carbocycles. The molecule has 16 heavy (non-hydrogen) atoms. The number of Topliss-reactive ketones (excluding diaryl/α,β-unsaturated/α-hetero) is 1. The predicted octanol–water partition coefficient (Wildman–Crippen LogP) is 2.88. The van der Waals surface area contributed by atoms with Crippen molar-refractivity contribution in [2.24, 2.45) is 0 Å². The molecule has 0 aromatic heterocycles. The highest BCUT2D eigenvalue weighted by atomic mass is 35.5. The zero-order valence-corrected chi connectivity index (χ0v) is 10.1. The van der Waals surface area contributed by atoms with E-state index in [1.165, 1.54) is 13.0 Å². The molecule has 0 radical (unpaired) electrons. The van der Waals surface area contributed by atoms with Gasteiger partial charge in [-0.05, 0) is 31.5 Å². The first-order chi connectivity index (χ1) is 7.56. The van der Waals surface area contributed by atoms with Gasteiger partial charge in [0, 0.05) is 17.9 Å². The maximum atomic E-state index is 11.2. The van der Waals surface area contributed by atoms with Gasteiger partial charge in [0.15, 0.2) is 5.78 Å². The fourth-order valence-electron chi connectivity index (χ4n) is 1.32. The summed E-state index contributed by atoms with van der Waals surface area (Å²) in [6, 6.07) is 3.18. The lowest BCUT2D eigenvalue weighted by molar-refractivity contribution is 0.101. The van der Waals surface area contributed by atoms with Crippen LogP contribution in [0.25, 0.3) is 0 Å². The number of carbonyl (C=O) groups excluding carboxylic acids is 1. The van der Waals surface area contributed by atoms with Crippen LogP contribution in [0.4, 0.5) is 0 Å². The first-order valence-corrected chi connectivity index (χ1v) is 5.49. The minimum Gasteiger partial charge on any atom is -0.507 e. The van der Waals surface area contributed by atoms with Gasteiger partial charge in [0.1, 0.15) is 5.75 Å². The molecule has 0 amide bonds. The lowest BCUT2D eigenvalue weighted by atomic mass is 10.0. The molecule has 0 unspecified atom stereocenters. The highest BCUT2D eigenvalue weighted by Gasteiger charge is 2.08. The van der Waals surface area contributed by atoms with Gasteiger partial charge in [-0.1, -0.05) is 11.8 Å². The number of carbonyl (C=O) groups is 1. The molecule has 0 fully saturated rings. The monoisotopic (exact) mass is 236 g/mol. The maximum Gasteiger partial charge on any atom is 0.163 e. The van der Waals surface area contributed by atoms with Crippen LogP contribution in [0.2, 0.25) is 0 Å².